The molecule has 0 aliphatic heterocycles. The molecule has 0 amide bonds. The zero-order valence-electron chi connectivity index (χ0n) is 8.68. The number of hydrogen-bond donors (Lipinski definition) is 1. The molecule has 15 heavy (non-hydrogen) atoms. The molecule has 0 aliphatic carbocycles. The highest BCUT2D eigenvalue weighted by Gasteiger charge is 2.06. The van der Waals surface area contributed by atoms with Crippen LogP contribution in [0.3, 0.4) is 0 Å². The lowest BCUT2D eigenvalue weighted by atomic mass is 10.3. The number of rotatable bonds is 3. The molecule has 1 aromatic carbocycles. The topological polar surface area (TPSA) is 35.2 Å². The zero-order valence-corrected chi connectivity index (χ0v) is 11.9. The fourth-order valence-electron chi connectivity index (χ4n) is 1.01. The second-order valence-corrected chi connectivity index (χ2v) is 5.11. The molecule has 4 heteroatoms. The van der Waals surface area contributed by atoms with Crippen molar-refractivity contribution < 1.29 is 4.74 Å². The molecule has 0 saturated heterocycles. The molecule has 1 rings (SSSR count). The first-order valence-corrected chi connectivity index (χ1v) is 6.10. The maximum atomic E-state index is 5.68. The highest BCUT2D eigenvalue weighted by atomic mass is 79.9. The van der Waals surface area contributed by atoms with Gasteiger partial charge in [0.05, 0.1) is 8.95 Å². The Morgan fingerprint density at radius 1 is 1.33 bits per heavy atom. The van der Waals surface area contributed by atoms with Gasteiger partial charge >= 0.3 is 0 Å². The zero-order chi connectivity index (χ0) is 11.4. The third-order valence-electron chi connectivity index (χ3n) is 1.74. The van der Waals surface area contributed by atoms with E-state index in [-0.39, 0.29) is 0 Å². The van der Waals surface area contributed by atoms with Gasteiger partial charge in [0.1, 0.15) is 12.4 Å². The first-order chi connectivity index (χ1) is 7.00. The van der Waals surface area contributed by atoms with Crippen LogP contribution in [0.25, 0.3) is 0 Å². The van der Waals surface area contributed by atoms with Crippen molar-refractivity contribution in [1.82, 2.24) is 0 Å². The van der Waals surface area contributed by atoms with Crippen LogP contribution in [0.4, 0.5) is 5.69 Å². The minimum atomic E-state index is 0.559. The summed E-state index contributed by atoms with van der Waals surface area (Å²) in [4.78, 5) is 0. The van der Waals surface area contributed by atoms with Gasteiger partial charge in [-0.1, -0.05) is 5.57 Å². The largest absolute Gasteiger partial charge is 0.487 e. The number of nitrogen functional groups attached to an aromatic ring is 1. The van der Waals surface area contributed by atoms with Gasteiger partial charge in [-0.25, -0.2) is 0 Å². The fourth-order valence-corrected chi connectivity index (χ4v) is 2.46. The van der Waals surface area contributed by atoms with E-state index in [1.54, 1.807) is 0 Å². The molecule has 0 aliphatic rings. The third kappa shape index (κ3) is 3.87. The number of hydrogen-bond acceptors (Lipinski definition) is 2. The van der Waals surface area contributed by atoms with Crippen LogP contribution < -0.4 is 10.5 Å². The van der Waals surface area contributed by atoms with E-state index >= 15 is 0 Å². The minimum absolute atomic E-state index is 0.559. The van der Waals surface area contributed by atoms with E-state index in [0.29, 0.717) is 12.3 Å². The SMILES string of the molecule is CC(C)=CCOc1c(Br)cc(N)cc1Br. The monoisotopic (exact) mass is 333 g/mol. The number of benzene rings is 1. The summed E-state index contributed by atoms with van der Waals surface area (Å²) in [6.07, 6.45) is 2.02. The van der Waals surface area contributed by atoms with Gasteiger partial charge in [0.25, 0.3) is 0 Å². The van der Waals surface area contributed by atoms with Crippen molar-refractivity contribution in [3.63, 3.8) is 0 Å². The highest BCUT2D eigenvalue weighted by molar-refractivity contribution is 9.11. The maximum absolute atomic E-state index is 5.68. The highest BCUT2D eigenvalue weighted by Crippen LogP contribution is 2.35. The normalized spacial score (nSPS) is 9.87. The molecule has 0 atom stereocenters. The first kappa shape index (κ1) is 12.6. The average molecular weight is 335 g/mol. The molecular formula is C11H13Br2NO. The summed E-state index contributed by atoms with van der Waals surface area (Å²) in [6.45, 7) is 4.64. The van der Waals surface area contributed by atoms with Crippen molar-refractivity contribution in [2.45, 2.75) is 13.8 Å². The maximum Gasteiger partial charge on any atom is 0.148 e. The second kappa shape index (κ2) is 5.56. The Bertz CT molecular complexity index is 361. The lowest BCUT2D eigenvalue weighted by Crippen LogP contribution is -1.97. The van der Waals surface area contributed by atoms with Crippen LogP contribution in [0.5, 0.6) is 5.75 Å². The number of anilines is 1. The summed E-state index contributed by atoms with van der Waals surface area (Å²) in [5.74, 6) is 0.779. The number of halogens is 2. The molecule has 0 bridgehead atoms. The van der Waals surface area contributed by atoms with Crippen LogP contribution in [0.15, 0.2) is 32.7 Å². The Labute approximate surface area is 107 Å². The minimum Gasteiger partial charge on any atom is -0.487 e. The summed E-state index contributed by atoms with van der Waals surface area (Å²) in [7, 11) is 0. The van der Waals surface area contributed by atoms with E-state index in [1.807, 2.05) is 32.1 Å². The van der Waals surface area contributed by atoms with E-state index in [9.17, 15) is 0 Å². The van der Waals surface area contributed by atoms with Gasteiger partial charge in [-0.15, -0.1) is 0 Å². The smallest absolute Gasteiger partial charge is 0.148 e. The van der Waals surface area contributed by atoms with Crippen LogP contribution in [-0.2, 0) is 0 Å². The Kier molecular flexibility index (Phi) is 4.67. The number of allylic oxidation sites excluding steroid dienone is 1. The van der Waals surface area contributed by atoms with Crippen molar-refractivity contribution in [3.05, 3.63) is 32.7 Å². The van der Waals surface area contributed by atoms with Gasteiger partial charge in [0.15, 0.2) is 0 Å². The van der Waals surface area contributed by atoms with Crippen LogP contribution in [-0.4, -0.2) is 6.61 Å². The third-order valence-corrected chi connectivity index (χ3v) is 2.92. The number of nitrogens with two attached hydrogens (primary N) is 1. The van der Waals surface area contributed by atoms with Crippen molar-refractivity contribution >= 4 is 37.5 Å². The van der Waals surface area contributed by atoms with Crippen molar-refractivity contribution in [2.24, 2.45) is 0 Å². The molecule has 0 aromatic heterocycles. The van der Waals surface area contributed by atoms with Crippen molar-refractivity contribution in [3.8, 4) is 5.75 Å². The Hall–Kier alpha value is -0.480. The van der Waals surface area contributed by atoms with Gasteiger partial charge in [0, 0.05) is 5.69 Å². The van der Waals surface area contributed by atoms with Crippen LogP contribution >= 0.6 is 31.9 Å². The first-order valence-electron chi connectivity index (χ1n) is 4.51. The van der Waals surface area contributed by atoms with E-state index in [0.717, 1.165) is 14.7 Å². The Balaban J connectivity index is 2.81. The van der Waals surface area contributed by atoms with E-state index < -0.39 is 0 Å². The van der Waals surface area contributed by atoms with Gasteiger partial charge in [-0.2, -0.15) is 0 Å². The van der Waals surface area contributed by atoms with Gasteiger partial charge in [-0.3, -0.25) is 0 Å². The molecule has 0 spiro atoms. The quantitative estimate of drug-likeness (QED) is 0.666. The molecule has 0 saturated carbocycles. The second-order valence-electron chi connectivity index (χ2n) is 3.41. The van der Waals surface area contributed by atoms with Crippen molar-refractivity contribution in [2.75, 3.05) is 12.3 Å². The van der Waals surface area contributed by atoms with Crippen LogP contribution in [0, 0.1) is 0 Å². The van der Waals surface area contributed by atoms with Crippen LogP contribution in [0.1, 0.15) is 13.8 Å². The van der Waals surface area contributed by atoms with E-state index in [4.69, 9.17) is 10.5 Å². The molecule has 0 fully saturated rings. The average Bonchev–Trinajstić information content (AvgIpc) is 2.08. The summed E-state index contributed by atoms with van der Waals surface area (Å²) >= 11 is 6.82. The predicted molar refractivity (Wildman–Crippen MR) is 71.2 cm³/mol. The van der Waals surface area contributed by atoms with Gasteiger partial charge in [0.2, 0.25) is 0 Å². The fraction of sp³-hybridized carbons (Fsp3) is 0.273. The Morgan fingerprint density at radius 3 is 2.33 bits per heavy atom. The standard InChI is InChI=1S/C11H13Br2NO/c1-7(2)3-4-15-11-9(12)5-8(14)6-10(11)13/h3,5-6H,4,14H2,1-2H3. The lowest BCUT2D eigenvalue weighted by Gasteiger charge is -2.09. The molecule has 2 nitrogen and oxygen atoms in total. The van der Waals surface area contributed by atoms with Crippen molar-refractivity contribution in [1.29, 1.82) is 0 Å². The molecular weight excluding hydrogens is 322 g/mol. The van der Waals surface area contributed by atoms with Crippen LogP contribution in [0.2, 0.25) is 0 Å². The molecule has 1 aromatic rings. The lowest BCUT2D eigenvalue weighted by molar-refractivity contribution is 0.357. The summed E-state index contributed by atoms with van der Waals surface area (Å²) in [5.41, 5.74) is 7.61. The Morgan fingerprint density at radius 2 is 1.87 bits per heavy atom. The van der Waals surface area contributed by atoms with Gasteiger partial charge in [-0.05, 0) is 63.9 Å². The van der Waals surface area contributed by atoms with E-state index in [1.165, 1.54) is 5.57 Å². The number of ether oxygens (including phenoxy) is 1. The molecule has 0 radical (unpaired) electrons. The molecule has 2 N–H and O–H groups in total. The summed E-state index contributed by atoms with van der Waals surface area (Å²) < 4.78 is 7.32. The molecule has 0 unspecified atom stereocenters. The summed E-state index contributed by atoms with van der Waals surface area (Å²) in [5, 5.41) is 0. The molecule has 0 heterocycles. The summed E-state index contributed by atoms with van der Waals surface area (Å²) in [6, 6.07) is 3.64. The molecule has 82 valence electrons. The van der Waals surface area contributed by atoms with E-state index in [2.05, 4.69) is 31.9 Å². The van der Waals surface area contributed by atoms with Gasteiger partial charge < -0.3 is 10.5 Å². The predicted octanol–water partition coefficient (Wildman–Crippen LogP) is 4.14.